The zero-order valence-corrected chi connectivity index (χ0v) is 12.2. The Labute approximate surface area is 119 Å². The molecular formula is C14H21N5O. The van der Waals surface area contributed by atoms with Crippen LogP contribution in [0.4, 0.5) is 0 Å². The monoisotopic (exact) mass is 275 g/mol. The Morgan fingerprint density at radius 2 is 2.10 bits per heavy atom. The first-order valence-corrected chi connectivity index (χ1v) is 6.88. The van der Waals surface area contributed by atoms with Gasteiger partial charge in [-0.2, -0.15) is 4.98 Å². The predicted molar refractivity (Wildman–Crippen MR) is 77.0 cm³/mol. The topological polar surface area (TPSA) is 81.1 Å². The fourth-order valence-corrected chi connectivity index (χ4v) is 2.02. The lowest BCUT2D eigenvalue weighted by atomic mass is 10.2. The Kier molecular flexibility index (Phi) is 4.81. The van der Waals surface area contributed by atoms with Crippen LogP contribution in [0.1, 0.15) is 31.4 Å². The van der Waals surface area contributed by atoms with Crippen molar-refractivity contribution in [1.29, 1.82) is 0 Å². The smallest absolute Gasteiger partial charge is 0.258 e. The molecule has 0 spiro atoms. The number of aryl methyl sites for hydroxylation is 1. The molecular weight excluding hydrogens is 254 g/mol. The molecule has 0 radical (unpaired) electrons. The van der Waals surface area contributed by atoms with Gasteiger partial charge in [-0.15, -0.1) is 0 Å². The largest absolute Gasteiger partial charge is 0.334 e. The number of nitrogens with two attached hydrogens (primary N) is 1. The molecule has 0 fully saturated rings. The molecule has 0 aliphatic rings. The molecule has 1 atom stereocenters. The number of rotatable bonds is 6. The van der Waals surface area contributed by atoms with Gasteiger partial charge in [-0.3, -0.25) is 4.98 Å². The average molecular weight is 275 g/mol. The maximum absolute atomic E-state index is 6.13. The molecule has 0 saturated carbocycles. The second-order valence-electron chi connectivity index (χ2n) is 4.74. The van der Waals surface area contributed by atoms with Crippen LogP contribution < -0.4 is 5.73 Å². The molecule has 6 heteroatoms. The van der Waals surface area contributed by atoms with Crippen LogP contribution in [0.25, 0.3) is 11.5 Å². The molecule has 20 heavy (non-hydrogen) atoms. The Balaban J connectivity index is 2.12. The maximum atomic E-state index is 6.13. The summed E-state index contributed by atoms with van der Waals surface area (Å²) in [5, 5.41) is 3.99. The van der Waals surface area contributed by atoms with Gasteiger partial charge in [0.25, 0.3) is 5.89 Å². The molecule has 6 nitrogen and oxygen atoms in total. The Morgan fingerprint density at radius 3 is 2.75 bits per heavy atom. The highest BCUT2D eigenvalue weighted by Gasteiger charge is 2.17. The van der Waals surface area contributed by atoms with E-state index in [2.05, 4.69) is 33.9 Å². The van der Waals surface area contributed by atoms with Crippen LogP contribution in [0.15, 0.2) is 22.9 Å². The van der Waals surface area contributed by atoms with Gasteiger partial charge in [-0.25, -0.2) is 0 Å². The summed E-state index contributed by atoms with van der Waals surface area (Å²) in [6.07, 6.45) is 1.73. The molecule has 2 N–H and O–H groups in total. The molecule has 0 saturated heterocycles. The van der Waals surface area contributed by atoms with Crippen LogP contribution in [0.2, 0.25) is 0 Å². The number of nitrogens with zero attached hydrogens (tertiary/aromatic N) is 4. The van der Waals surface area contributed by atoms with Gasteiger partial charge in [0.05, 0.1) is 6.04 Å². The number of aromatic nitrogens is 3. The Bertz CT molecular complexity index is 550. The lowest BCUT2D eigenvalue weighted by molar-refractivity contribution is 0.278. The van der Waals surface area contributed by atoms with Gasteiger partial charge in [-0.05, 0) is 32.1 Å². The third kappa shape index (κ3) is 3.40. The molecule has 0 amide bonds. The van der Waals surface area contributed by atoms with E-state index >= 15 is 0 Å². The summed E-state index contributed by atoms with van der Waals surface area (Å²) in [4.78, 5) is 10.8. The van der Waals surface area contributed by atoms with Crippen LogP contribution in [0.5, 0.6) is 0 Å². The molecule has 0 aliphatic carbocycles. The molecule has 2 aromatic rings. The fourth-order valence-electron chi connectivity index (χ4n) is 2.02. The van der Waals surface area contributed by atoms with Gasteiger partial charge in [0.1, 0.15) is 0 Å². The number of pyridine rings is 1. The summed E-state index contributed by atoms with van der Waals surface area (Å²) < 4.78 is 5.29. The van der Waals surface area contributed by atoms with Gasteiger partial charge in [0.2, 0.25) is 0 Å². The molecule has 108 valence electrons. The van der Waals surface area contributed by atoms with E-state index in [1.807, 2.05) is 19.1 Å². The minimum atomic E-state index is -0.240. The van der Waals surface area contributed by atoms with Gasteiger partial charge in [-0.1, -0.05) is 19.0 Å². The molecule has 0 aliphatic heterocycles. The third-order valence-corrected chi connectivity index (χ3v) is 3.27. The molecule has 0 aromatic carbocycles. The number of hydrogen-bond donors (Lipinski definition) is 1. The molecule has 0 bridgehead atoms. The van der Waals surface area contributed by atoms with Crippen molar-refractivity contribution in [3.8, 4) is 11.5 Å². The SMILES string of the molecule is CCN(CC)CC(N)c1noc(-c2ccnc(C)c2)n1. The van der Waals surface area contributed by atoms with E-state index in [0.717, 1.165) is 30.9 Å². The Hall–Kier alpha value is -1.79. The van der Waals surface area contributed by atoms with Crippen LogP contribution in [-0.2, 0) is 0 Å². The van der Waals surface area contributed by atoms with E-state index < -0.39 is 0 Å². The van der Waals surface area contributed by atoms with E-state index in [9.17, 15) is 0 Å². The summed E-state index contributed by atoms with van der Waals surface area (Å²) in [6.45, 7) is 8.78. The van der Waals surface area contributed by atoms with Gasteiger partial charge < -0.3 is 15.2 Å². The van der Waals surface area contributed by atoms with Crippen molar-refractivity contribution in [2.45, 2.75) is 26.8 Å². The van der Waals surface area contributed by atoms with Gasteiger partial charge in [0.15, 0.2) is 5.82 Å². The fraction of sp³-hybridized carbons (Fsp3) is 0.500. The summed E-state index contributed by atoms with van der Waals surface area (Å²) in [7, 11) is 0. The minimum absolute atomic E-state index is 0.240. The first-order chi connectivity index (χ1) is 9.63. The van der Waals surface area contributed by atoms with Crippen molar-refractivity contribution in [3.05, 3.63) is 29.8 Å². The normalized spacial score (nSPS) is 12.8. The van der Waals surface area contributed by atoms with E-state index in [1.165, 1.54) is 0 Å². The second-order valence-corrected chi connectivity index (χ2v) is 4.74. The summed E-state index contributed by atoms with van der Waals surface area (Å²) in [6, 6.07) is 3.52. The van der Waals surface area contributed by atoms with E-state index in [4.69, 9.17) is 10.3 Å². The summed E-state index contributed by atoms with van der Waals surface area (Å²) in [5.74, 6) is 1.03. The van der Waals surface area contributed by atoms with Crippen molar-refractivity contribution in [3.63, 3.8) is 0 Å². The van der Waals surface area contributed by atoms with E-state index in [-0.39, 0.29) is 6.04 Å². The van der Waals surface area contributed by atoms with Crippen LogP contribution in [0.3, 0.4) is 0 Å². The summed E-state index contributed by atoms with van der Waals surface area (Å²) >= 11 is 0. The first-order valence-electron chi connectivity index (χ1n) is 6.88. The third-order valence-electron chi connectivity index (χ3n) is 3.27. The van der Waals surface area contributed by atoms with Crippen LogP contribution >= 0.6 is 0 Å². The average Bonchev–Trinajstić information content (AvgIpc) is 2.94. The lowest BCUT2D eigenvalue weighted by Gasteiger charge is -2.20. The minimum Gasteiger partial charge on any atom is -0.334 e. The molecule has 2 heterocycles. The predicted octanol–water partition coefficient (Wildman–Crippen LogP) is 1.78. The molecule has 2 aromatic heterocycles. The highest BCUT2D eigenvalue weighted by Crippen LogP contribution is 2.19. The van der Waals surface area contributed by atoms with Gasteiger partial charge >= 0.3 is 0 Å². The van der Waals surface area contributed by atoms with Crippen molar-refractivity contribution < 1.29 is 4.52 Å². The lowest BCUT2D eigenvalue weighted by Crippen LogP contribution is -2.32. The van der Waals surface area contributed by atoms with Crippen molar-refractivity contribution in [1.82, 2.24) is 20.0 Å². The summed E-state index contributed by atoms with van der Waals surface area (Å²) in [5.41, 5.74) is 7.91. The zero-order chi connectivity index (χ0) is 14.5. The number of likely N-dealkylation sites (N-methyl/N-ethyl adjacent to an activating group) is 1. The van der Waals surface area contributed by atoms with Crippen molar-refractivity contribution in [2.24, 2.45) is 5.73 Å². The molecule has 2 rings (SSSR count). The zero-order valence-electron chi connectivity index (χ0n) is 12.2. The van der Waals surface area contributed by atoms with Crippen molar-refractivity contribution >= 4 is 0 Å². The molecule has 1 unspecified atom stereocenters. The highest BCUT2D eigenvalue weighted by atomic mass is 16.5. The van der Waals surface area contributed by atoms with Crippen LogP contribution in [-0.4, -0.2) is 39.7 Å². The van der Waals surface area contributed by atoms with Gasteiger partial charge in [0, 0.05) is 24.0 Å². The van der Waals surface area contributed by atoms with E-state index in [0.29, 0.717) is 11.7 Å². The quantitative estimate of drug-likeness (QED) is 0.865. The maximum Gasteiger partial charge on any atom is 0.258 e. The first kappa shape index (κ1) is 14.6. The Morgan fingerprint density at radius 1 is 1.35 bits per heavy atom. The van der Waals surface area contributed by atoms with Crippen LogP contribution in [0, 0.1) is 6.92 Å². The highest BCUT2D eigenvalue weighted by molar-refractivity contribution is 5.52. The van der Waals surface area contributed by atoms with E-state index in [1.54, 1.807) is 6.20 Å². The number of hydrogen-bond acceptors (Lipinski definition) is 6. The van der Waals surface area contributed by atoms with Crippen molar-refractivity contribution in [2.75, 3.05) is 19.6 Å². The second kappa shape index (κ2) is 6.58. The standard InChI is InChI=1S/C14H21N5O/c1-4-19(5-2)9-12(15)13-17-14(20-18-13)11-6-7-16-10(3)8-11/h6-8,12H,4-5,9,15H2,1-3H3.